The lowest BCUT2D eigenvalue weighted by Gasteiger charge is -2.00. The van der Waals surface area contributed by atoms with Crippen molar-refractivity contribution in [3.05, 3.63) is 68.8 Å². The third kappa shape index (κ3) is 4.16. The monoisotopic (exact) mass is 412 g/mol. The topological polar surface area (TPSA) is 52.1 Å². The normalized spacial score (nSPS) is 10.9. The fourth-order valence-electron chi connectivity index (χ4n) is 2.49. The van der Waals surface area contributed by atoms with E-state index >= 15 is 0 Å². The average Bonchev–Trinajstić information content (AvgIpc) is 3.47. The van der Waals surface area contributed by atoms with E-state index in [0.717, 1.165) is 33.3 Å². The lowest BCUT2D eigenvalue weighted by Crippen LogP contribution is -2.05. The summed E-state index contributed by atoms with van der Waals surface area (Å²) >= 11 is 4.63. The average molecular weight is 413 g/mol. The SMILES string of the molecule is CCc1ccc(-c2nc(C(=O)OCc3csc(-c4ccsc4)n3)cs2)cc1. The highest BCUT2D eigenvalue weighted by Gasteiger charge is 2.14. The van der Waals surface area contributed by atoms with E-state index in [-0.39, 0.29) is 6.61 Å². The van der Waals surface area contributed by atoms with Gasteiger partial charge in [0.05, 0.1) is 5.69 Å². The van der Waals surface area contributed by atoms with Gasteiger partial charge in [0, 0.05) is 27.3 Å². The molecule has 0 amide bonds. The molecule has 0 saturated heterocycles. The van der Waals surface area contributed by atoms with Gasteiger partial charge in [-0.1, -0.05) is 31.2 Å². The van der Waals surface area contributed by atoms with Crippen molar-refractivity contribution in [2.45, 2.75) is 20.0 Å². The summed E-state index contributed by atoms with van der Waals surface area (Å²) in [5.41, 5.74) is 4.47. The summed E-state index contributed by atoms with van der Waals surface area (Å²) in [7, 11) is 0. The van der Waals surface area contributed by atoms with Crippen LogP contribution in [0.2, 0.25) is 0 Å². The number of carbonyl (C=O) groups is 1. The number of hydrogen-bond donors (Lipinski definition) is 0. The molecule has 0 fully saturated rings. The molecule has 0 bridgehead atoms. The molecule has 0 spiro atoms. The first-order valence-electron chi connectivity index (χ1n) is 8.42. The molecule has 136 valence electrons. The standard InChI is InChI=1S/C20H16N2O2S3/c1-2-13-3-5-14(6-4-13)18-22-17(12-27-18)20(23)24-9-16-11-26-19(21-16)15-7-8-25-10-15/h3-8,10-12H,2,9H2,1H3. The molecule has 0 unspecified atom stereocenters. The number of rotatable bonds is 6. The number of ether oxygens (including phenoxy) is 1. The van der Waals surface area contributed by atoms with Gasteiger partial charge in [-0.15, -0.1) is 22.7 Å². The van der Waals surface area contributed by atoms with Gasteiger partial charge in [-0.2, -0.15) is 11.3 Å². The number of aryl methyl sites for hydroxylation is 1. The van der Waals surface area contributed by atoms with Gasteiger partial charge < -0.3 is 4.74 Å². The molecule has 0 radical (unpaired) electrons. The molecule has 4 rings (SSSR count). The summed E-state index contributed by atoms with van der Waals surface area (Å²) in [5.74, 6) is -0.423. The zero-order valence-corrected chi connectivity index (χ0v) is 17.0. The van der Waals surface area contributed by atoms with Crippen LogP contribution in [0.5, 0.6) is 0 Å². The van der Waals surface area contributed by atoms with Crippen LogP contribution in [0.15, 0.2) is 51.9 Å². The number of nitrogens with zero attached hydrogens (tertiary/aromatic N) is 2. The summed E-state index contributed by atoms with van der Waals surface area (Å²) in [6, 6.07) is 10.3. The lowest BCUT2D eigenvalue weighted by molar-refractivity contribution is 0.0462. The summed E-state index contributed by atoms with van der Waals surface area (Å²) < 4.78 is 5.38. The van der Waals surface area contributed by atoms with Crippen molar-refractivity contribution in [2.24, 2.45) is 0 Å². The van der Waals surface area contributed by atoms with E-state index in [1.165, 1.54) is 16.9 Å². The second-order valence-electron chi connectivity index (χ2n) is 5.82. The molecule has 27 heavy (non-hydrogen) atoms. The van der Waals surface area contributed by atoms with Gasteiger partial charge in [0.15, 0.2) is 5.69 Å². The molecule has 4 nitrogen and oxygen atoms in total. The molecule has 3 aromatic heterocycles. The van der Waals surface area contributed by atoms with Crippen molar-refractivity contribution in [3.8, 4) is 21.1 Å². The first kappa shape index (κ1) is 18.0. The van der Waals surface area contributed by atoms with Gasteiger partial charge in [-0.3, -0.25) is 0 Å². The Kier molecular flexibility index (Phi) is 5.42. The predicted molar refractivity (Wildman–Crippen MR) is 111 cm³/mol. The molecular weight excluding hydrogens is 396 g/mol. The number of aromatic nitrogens is 2. The Balaban J connectivity index is 1.39. The largest absolute Gasteiger partial charge is 0.454 e. The summed E-state index contributed by atoms with van der Waals surface area (Å²) in [4.78, 5) is 21.2. The van der Waals surface area contributed by atoms with E-state index in [1.807, 2.05) is 29.0 Å². The van der Waals surface area contributed by atoms with E-state index < -0.39 is 5.97 Å². The van der Waals surface area contributed by atoms with E-state index in [9.17, 15) is 4.79 Å². The smallest absolute Gasteiger partial charge is 0.358 e. The molecule has 1 aromatic carbocycles. The molecule has 3 heterocycles. The van der Waals surface area contributed by atoms with Crippen LogP contribution < -0.4 is 0 Å². The van der Waals surface area contributed by atoms with Crippen LogP contribution in [-0.2, 0) is 17.8 Å². The van der Waals surface area contributed by atoms with Crippen LogP contribution in [0, 0.1) is 0 Å². The fraction of sp³-hybridized carbons (Fsp3) is 0.150. The summed E-state index contributed by atoms with van der Waals surface area (Å²) in [6.07, 6.45) is 1.00. The second-order valence-corrected chi connectivity index (χ2v) is 8.32. The van der Waals surface area contributed by atoms with Crippen LogP contribution in [-0.4, -0.2) is 15.9 Å². The van der Waals surface area contributed by atoms with Crippen molar-refractivity contribution in [1.29, 1.82) is 0 Å². The predicted octanol–water partition coefficient (Wildman–Crippen LogP) is 5.91. The van der Waals surface area contributed by atoms with Crippen molar-refractivity contribution < 1.29 is 9.53 Å². The van der Waals surface area contributed by atoms with Crippen LogP contribution in [0.25, 0.3) is 21.1 Å². The quantitative estimate of drug-likeness (QED) is 0.369. The third-order valence-electron chi connectivity index (χ3n) is 3.99. The summed E-state index contributed by atoms with van der Waals surface area (Å²) in [5, 5.41) is 9.49. The maximum Gasteiger partial charge on any atom is 0.358 e. The Hall–Kier alpha value is -2.35. The number of esters is 1. The minimum atomic E-state index is -0.423. The van der Waals surface area contributed by atoms with E-state index in [0.29, 0.717) is 5.69 Å². The van der Waals surface area contributed by atoms with Crippen molar-refractivity contribution >= 4 is 40.0 Å². The third-order valence-corrected chi connectivity index (χ3v) is 6.51. The Morgan fingerprint density at radius 2 is 1.74 bits per heavy atom. The second kappa shape index (κ2) is 8.12. The number of carbonyl (C=O) groups excluding carboxylic acids is 1. The number of thiophene rings is 1. The molecule has 4 aromatic rings. The Labute approximate surface area is 169 Å². The van der Waals surface area contributed by atoms with Gasteiger partial charge in [0.2, 0.25) is 0 Å². The maximum atomic E-state index is 12.3. The minimum Gasteiger partial charge on any atom is -0.454 e. The van der Waals surface area contributed by atoms with Crippen molar-refractivity contribution in [2.75, 3.05) is 0 Å². The Morgan fingerprint density at radius 3 is 2.48 bits per heavy atom. The number of thiazole rings is 2. The molecule has 7 heteroatoms. The number of hydrogen-bond acceptors (Lipinski definition) is 7. The van der Waals surface area contributed by atoms with Crippen molar-refractivity contribution in [1.82, 2.24) is 9.97 Å². The van der Waals surface area contributed by atoms with Crippen LogP contribution in [0.4, 0.5) is 0 Å². The van der Waals surface area contributed by atoms with Gasteiger partial charge in [0.1, 0.15) is 16.6 Å². The highest BCUT2D eigenvalue weighted by molar-refractivity contribution is 7.14. The van der Waals surface area contributed by atoms with Crippen LogP contribution >= 0.6 is 34.0 Å². The number of benzene rings is 1. The Bertz CT molecular complexity index is 1030. The molecule has 0 aliphatic heterocycles. The zero-order chi connectivity index (χ0) is 18.6. The molecule has 0 aliphatic carbocycles. The van der Waals surface area contributed by atoms with Gasteiger partial charge in [-0.25, -0.2) is 14.8 Å². The van der Waals surface area contributed by atoms with E-state index in [1.54, 1.807) is 28.1 Å². The highest BCUT2D eigenvalue weighted by atomic mass is 32.1. The van der Waals surface area contributed by atoms with Gasteiger partial charge in [0.25, 0.3) is 0 Å². The molecule has 0 saturated carbocycles. The Morgan fingerprint density at radius 1 is 0.963 bits per heavy atom. The maximum absolute atomic E-state index is 12.3. The fourth-order valence-corrected chi connectivity index (χ4v) is 4.80. The molecule has 0 aliphatic rings. The molecule has 0 atom stereocenters. The minimum absolute atomic E-state index is 0.150. The lowest BCUT2D eigenvalue weighted by atomic mass is 10.1. The van der Waals surface area contributed by atoms with Crippen LogP contribution in [0.1, 0.15) is 28.7 Å². The molecular formula is C20H16N2O2S3. The van der Waals surface area contributed by atoms with Gasteiger partial charge >= 0.3 is 5.97 Å². The first-order chi connectivity index (χ1) is 13.2. The first-order valence-corrected chi connectivity index (χ1v) is 11.1. The van der Waals surface area contributed by atoms with Gasteiger partial charge in [-0.05, 0) is 23.4 Å². The van der Waals surface area contributed by atoms with E-state index in [4.69, 9.17) is 4.74 Å². The highest BCUT2D eigenvalue weighted by Crippen LogP contribution is 2.27. The van der Waals surface area contributed by atoms with E-state index in [2.05, 4.69) is 34.4 Å². The van der Waals surface area contributed by atoms with Crippen LogP contribution in [0.3, 0.4) is 0 Å². The summed E-state index contributed by atoms with van der Waals surface area (Å²) in [6.45, 7) is 2.27. The molecule has 0 N–H and O–H groups in total. The zero-order valence-electron chi connectivity index (χ0n) is 14.5. The van der Waals surface area contributed by atoms with Crippen molar-refractivity contribution in [3.63, 3.8) is 0 Å².